The van der Waals surface area contributed by atoms with Gasteiger partial charge in [-0.05, 0) is 30.4 Å². The van der Waals surface area contributed by atoms with Gasteiger partial charge in [-0.15, -0.1) is 0 Å². The van der Waals surface area contributed by atoms with Gasteiger partial charge in [0.1, 0.15) is 5.78 Å². The topological polar surface area (TPSA) is 22.0 Å². The molecule has 1 saturated carbocycles. The van der Waals surface area contributed by atoms with Gasteiger partial charge < -0.3 is 4.57 Å². The molecule has 82 valence electrons. The lowest BCUT2D eigenvalue weighted by Crippen LogP contribution is -2.18. The smallest absolute Gasteiger partial charge is 0.134 e. The Balaban J connectivity index is 2.02. The summed E-state index contributed by atoms with van der Waals surface area (Å²) in [5.74, 6) is 0.411. The Hall–Kier alpha value is -1.57. The second-order valence-corrected chi connectivity index (χ2v) is 4.57. The maximum atomic E-state index is 11.5. The first-order chi connectivity index (χ1) is 7.84. The van der Waals surface area contributed by atoms with Crippen LogP contribution in [0.25, 0.3) is 10.9 Å². The first-order valence-corrected chi connectivity index (χ1v) is 5.92. The second kappa shape index (κ2) is 3.78. The van der Waals surface area contributed by atoms with E-state index in [1.807, 2.05) is 0 Å². The number of aromatic nitrogens is 1. The number of para-hydroxylation sites is 1. The summed E-state index contributed by atoms with van der Waals surface area (Å²) in [6.45, 7) is 0. The van der Waals surface area contributed by atoms with Gasteiger partial charge in [0, 0.05) is 30.6 Å². The highest BCUT2D eigenvalue weighted by molar-refractivity contribution is 5.82. The Labute approximate surface area is 94.9 Å². The van der Waals surface area contributed by atoms with Gasteiger partial charge in [-0.1, -0.05) is 18.2 Å². The van der Waals surface area contributed by atoms with E-state index >= 15 is 0 Å². The van der Waals surface area contributed by atoms with E-state index in [9.17, 15) is 4.79 Å². The molecule has 0 aliphatic heterocycles. The fraction of sp³-hybridized carbons (Fsp3) is 0.357. The minimum absolute atomic E-state index is 0.376. The largest absolute Gasteiger partial charge is 0.344 e. The summed E-state index contributed by atoms with van der Waals surface area (Å²) in [5.41, 5.74) is 1.25. The number of Topliss-reactive ketones (excluding diaryl/α,β-unsaturated/α-hetero) is 1. The van der Waals surface area contributed by atoms with Crippen LogP contribution in [0.1, 0.15) is 31.7 Å². The van der Waals surface area contributed by atoms with Crippen molar-refractivity contribution in [3.05, 3.63) is 36.5 Å². The molecule has 1 atom stereocenters. The molecule has 0 spiro atoms. The zero-order valence-electron chi connectivity index (χ0n) is 9.23. The predicted octanol–water partition coefficient (Wildman–Crippen LogP) is 3.33. The monoisotopic (exact) mass is 213 g/mol. The van der Waals surface area contributed by atoms with Crippen LogP contribution in [0.4, 0.5) is 0 Å². The summed E-state index contributed by atoms with van der Waals surface area (Å²) in [4.78, 5) is 11.5. The lowest BCUT2D eigenvalue weighted by Gasteiger charge is -2.23. The highest BCUT2D eigenvalue weighted by Gasteiger charge is 2.21. The van der Waals surface area contributed by atoms with Crippen LogP contribution >= 0.6 is 0 Å². The zero-order valence-corrected chi connectivity index (χ0v) is 9.23. The Bertz CT molecular complexity index is 526. The van der Waals surface area contributed by atoms with E-state index in [-0.39, 0.29) is 0 Å². The highest BCUT2D eigenvalue weighted by atomic mass is 16.1. The molecule has 1 unspecified atom stereocenters. The first-order valence-electron chi connectivity index (χ1n) is 5.92. The molecule has 0 bridgehead atoms. The van der Waals surface area contributed by atoms with Crippen molar-refractivity contribution < 1.29 is 4.79 Å². The number of benzene rings is 1. The number of rotatable bonds is 1. The third kappa shape index (κ3) is 1.54. The summed E-state index contributed by atoms with van der Waals surface area (Å²) < 4.78 is 2.27. The molecular weight excluding hydrogens is 198 g/mol. The number of ketones is 1. The normalized spacial score (nSPS) is 21.5. The van der Waals surface area contributed by atoms with Crippen molar-refractivity contribution >= 4 is 16.7 Å². The molecule has 2 aromatic rings. The average molecular weight is 213 g/mol. The Morgan fingerprint density at radius 1 is 1.19 bits per heavy atom. The molecule has 1 heterocycles. The molecule has 1 fully saturated rings. The number of nitrogens with zero attached hydrogens (tertiary/aromatic N) is 1. The van der Waals surface area contributed by atoms with Crippen LogP contribution in [-0.2, 0) is 4.79 Å². The molecule has 1 aromatic heterocycles. The molecular formula is C14H15NO. The molecule has 0 radical (unpaired) electrons. The van der Waals surface area contributed by atoms with Gasteiger partial charge >= 0.3 is 0 Å². The molecule has 1 aromatic carbocycles. The molecule has 0 saturated heterocycles. The fourth-order valence-electron chi connectivity index (χ4n) is 2.66. The third-order valence-corrected chi connectivity index (χ3v) is 3.48. The van der Waals surface area contributed by atoms with Crippen LogP contribution in [0.5, 0.6) is 0 Å². The SMILES string of the molecule is O=C1CCCC(n2ccc3ccccc32)C1. The molecule has 2 heteroatoms. The van der Waals surface area contributed by atoms with Gasteiger partial charge in [-0.25, -0.2) is 0 Å². The van der Waals surface area contributed by atoms with Crippen LogP contribution < -0.4 is 0 Å². The summed E-state index contributed by atoms with van der Waals surface area (Å²) >= 11 is 0. The van der Waals surface area contributed by atoms with E-state index in [1.54, 1.807) is 0 Å². The summed E-state index contributed by atoms with van der Waals surface area (Å²) in [5, 5.41) is 1.26. The summed E-state index contributed by atoms with van der Waals surface area (Å²) in [6, 6.07) is 10.9. The van der Waals surface area contributed by atoms with Crippen molar-refractivity contribution in [2.75, 3.05) is 0 Å². The van der Waals surface area contributed by atoms with Crippen molar-refractivity contribution in [2.45, 2.75) is 31.7 Å². The van der Waals surface area contributed by atoms with E-state index in [1.165, 1.54) is 10.9 Å². The molecule has 0 amide bonds. The third-order valence-electron chi connectivity index (χ3n) is 3.48. The van der Waals surface area contributed by atoms with Crippen LogP contribution in [0.2, 0.25) is 0 Å². The quantitative estimate of drug-likeness (QED) is 0.712. The summed E-state index contributed by atoms with van der Waals surface area (Å²) in [7, 11) is 0. The van der Waals surface area contributed by atoms with E-state index in [0.717, 1.165) is 19.3 Å². The lowest BCUT2D eigenvalue weighted by molar-refractivity contribution is -0.121. The molecule has 1 aliphatic rings. The van der Waals surface area contributed by atoms with Crippen molar-refractivity contribution in [3.8, 4) is 0 Å². The van der Waals surface area contributed by atoms with Crippen molar-refractivity contribution in [2.24, 2.45) is 0 Å². The molecule has 16 heavy (non-hydrogen) atoms. The van der Waals surface area contributed by atoms with Crippen molar-refractivity contribution in [3.63, 3.8) is 0 Å². The lowest BCUT2D eigenvalue weighted by atomic mass is 9.94. The van der Waals surface area contributed by atoms with Crippen LogP contribution in [0, 0.1) is 0 Å². The zero-order chi connectivity index (χ0) is 11.0. The van der Waals surface area contributed by atoms with E-state index in [2.05, 4.69) is 41.1 Å². The highest BCUT2D eigenvalue weighted by Crippen LogP contribution is 2.29. The van der Waals surface area contributed by atoms with Gasteiger partial charge in [0.05, 0.1) is 0 Å². The minimum Gasteiger partial charge on any atom is -0.344 e. The Morgan fingerprint density at radius 2 is 2.06 bits per heavy atom. The van der Waals surface area contributed by atoms with Crippen molar-refractivity contribution in [1.29, 1.82) is 0 Å². The minimum atomic E-state index is 0.376. The van der Waals surface area contributed by atoms with Gasteiger partial charge in [-0.2, -0.15) is 0 Å². The Kier molecular flexibility index (Phi) is 2.28. The molecule has 1 aliphatic carbocycles. The van der Waals surface area contributed by atoms with Gasteiger partial charge in [0.15, 0.2) is 0 Å². The number of fused-ring (bicyclic) bond motifs is 1. The van der Waals surface area contributed by atoms with Crippen molar-refractivity contribution in [1.82, 2.24) is 4.57 Å². The van der Waals surface area contributed by atoms with Crippen LogP contribution in [0.3, 0.4) is 0 Å². The van der Waals surface area contributed by atoms with Gasteiger partial charge in [0.25, 0.3) is 0 Å². The molecule has 0 N–H and O–H groups in total. The average Bonchev–Trinajstić information content (AvgIpc) is 2.72. The van der Waals surface area contributed by atoms with Gasteiger partial charge in [0.2, 0.25) is 0 Å². The number of hydrogen-bond donors (Lipinski definition) is 0. The Morgan fingerprint density at radius 3 is 2.94 bits per heavy atom. The van der Waals surface area contributed by atoms with E-state index < -0.39 is 0 Å². The molecule has 3 rings (SSSR count). The number of carbonyl (C=O) groups is 1. The second-order valence-electron chi connectivity index (χ2n) is 4.57. The fourth-order valence-corrected chi connectivity index (χ4v) is 2.66. The first kappa shape index (κ1) is 9.64. The number of hydrogen-bond acceptors (Lipinski definition) is 1. The maximum absolute atomic E-state index is 11.5. The standard InChI is InChI=1S/C14H15NO/c16-13-6-3-5-12(10-13)15-9-8-11-4-1-2-7-14(11)15/h1-2,4,7-9,12H,3,5-6,10H2. The maximum Gasteiger partial charge on any atom is 0.134 e. The predicted molar refractivity (Wildman–Crippen MR) is 64.5 cm³/mol. The van der Waals surface area contributed by atoms with Crippen LogP contribution in [0.15, 0.2) is 36.5 Å². The van der Waals surface area contributed by atoms with E-state index in [0.29, 0.717) is 18.2 Å². The number of carbonyl (C=O) groups excluding carboxylic acids is 1. The summed E-state index contributed by atoms with van der Waals surface area (Å²) in [6.07, 6.45) is 5.77. The van der Waals surface area contributed by atoms with Gasteiger partial charge in [-0.3, -0.25) is 4.79 Å². The van der Waals surface area contributed by atoms with Crippen LogP contribution in [-0.4, -0.2) is 10.4 Å². The van der Waals surface area contributed by atoms with E-state index in [4.69, 9.17) is 0 Å². The molecule has 2 nitrogen and oxygen atoms in total.